The van der Waals surface area contributed by atoms with E-state index in [4.69, 9.17) is 0 Å². The van der Waals surface area contributed by atoms with Crippen LogP contribution < -0.4 is 5.32 Å². The second kappa shape index (κ2) is 5.94. The average Bonchev–Trinajstić information content (AvgIpc) is 3.11. The van der Waals surface area contributed by atoms with Crippen LogP contribution >= 0.6 is 0 Å². The summed E-state index contributed by atoms with van der Waals surface area (Å²) in [6.45, 7) is 2.83. The van der Waals surface area contributed by atoms with Gasteiger partial charge in [-0.1, -0.05) is 37.3 Å². The predicted octanol–water partition coefficient (Wildman–Crippen LogP) is 2.11. The molecule has 1 aromatic carbocycles. The van der Waals surface area contributed by atoms with Gasteiger partial charge in [0.25, 0.3) is 0 Å². The monoisotopic (exact) mass is 276 g/mol. The SMILES string of the molecule is CC1CC1CN(C)C(=O)N[C@@H](C(=O)O)c1ccccc1. The Morgan fingerprint density at radius 3 is 2.50 bits per heavy atom. The van der Waals surface area contributed by atoms with E-state index in [2.05, 4.69) is 12.2 Å². The molecule has 0 aromatic heterocycles. The summed E-state index contributed by atoms with van der Waals surface area (Å²) >= 11 is 0. The first-order valence-corrected chi connectivity index (χ1v) is 6.78. The Balaban J connectivity index is 1.97. The number of aliphatic carboxylic acids is 1. The quantitative estimate of drug-likeness (QED) is 0.865. The number of rotatable bonds is 5. The lowest BCUT2D eigenvalue weighted by molar-refractivity contribution is -0.139. The van der Waals surface area contributed by atoms with Crippen LogP contribution in [0.5, 0.6) is 0 Å². The first kappa shape index (κ1) is 14.4. The van der Waals surface area contributed by atoms with E-state index in [9.17, 15) is 14.7 Å². The van der Waals surface area contributed by atoms with E-state index < -0.39 is 12.0 Å². The van der Waals surface area contributed by atoms with Crippen molar-refractivity contribution < 1.29 is 14.7 Å². The zero-order valence-electron chi connectivity index (χ0n) is 11.7. The van der Waals surface area contributed by atoms with Crippen LogP contribution in [-0.2, 0) is 4.79 Å². The number of benzene rings is 1. The number of hydrogen-bond acceptors (Lipinski definition) is 2. The molecule has 108 valence electrons. The molecule has 0 bridgehead atoms. The molecular weight excluding hydrogens is 256 g/mol. The molecule has 2 unspecified atom stereocenters. The summed E-state index contributed by atoms with van der Waals surface area (Å²) in [7, 11) is 1.70. The maximum atomic E-state index is 12.1. The third-order valence-corrected chi connectivity index (χ3v) is 3.78. The van der Waals surface area contributed by atoms with Crippen LogP contribution in [0.2, 0.25) is 0 Å². The number of nitrogens with one attached hydrogen (secondary N) is 1. The van der Waals surface area contributed by atoms with Crippen LogP contribution in [-0.4, -0.2) is 35.6 Å². The standard InChI is InChI=1S/C15H20N2O3/c1-10-8-12(10)9-17(2)15(20)16-13(14(18)19)11-6-4-3-5-7-11/h3-7,10,12-13H,8-9H2,1-2H3,(H,16,20)(H,18,19)/t10?,12?,13-/m1/s1. The van der Waals surface area contributed by atoms with E-state index in [-0.39, 0.29) is 6.03 Å². The highest BCUT2D eigenvalue weighted by Crippen LogP contribution is 2.37. The molecule has 5 heteroatoms. The largest absolute Gasteiger partial charge is 0.479 e. The van der Waals surface area contributed by atoms with Gasteiger partial charge in [0.05, 0.1) is 0 Å². The number of urea groups is 1. The molecule has 1 aliphatic carbocycles. The van der Waals surface area contributed by atoms with Crippen molar-refractivity contribution >= 4 is 12.0 Å². The zero-order chi connectivity index (χ0) is 14.7. The molecule has 2 N–H and O–H groups in total. The van der Waals surface area contributed by atoms with E-state index in [1.165, 1.54) is 0 Å². The van der Waals surface area contributed by atoms with Gasteiger partial charge >= 0.3 is 12.0 Å². The van der Waals surface area contributed by atoms with E-state index in [0.717, 1.165) is 6.42 Å². The van der Waals surface area contributed by atoms with E-state index in [1.54, 1.807) is 36.2 Å². The summed E-state index contributed by atoms with van der Waals surface area (Å²) in [5.41, 5.74) is 0.571. The molecule has 1 aromatic rings. The third-order valence-electron chi connectivity index (χ3n) is 3.78. The molecular formula is C15H20N2O3. The van der Waals surface area contributed by atoms with Crippen LogP contribution in [0, 0.1) is 11.8 Å². The molecule has 2 amide bonds. The number of nitrogens with zero attached hydrogens (tertiary/aromatic N) is 1. The molecule has 5 nitrogen and oxygen atoms in total. The number of carbonyl (C=O) groups excluding carboxylic acids is 1. The number of carbonyl (C=O) groups is 2. The summed E-state index contributed by atoms with van der Waals surface area (Å²) in [4.78, 5) is 24.9. The fourth-order valence-electron chi connectivity index (χ4n) is 2.25. The highest BCUT2D eigenvalue weighted by atomic mass is 16.4. The van der Waals surface area contributed by atoms with Gasteiger partial charge in [0.15, 0.2) is 6.04 Å². The highest BCUT2D eigenvalue weighted by molar-refractivity contribution is 5.83. The van der Waals surface area contributed by atoms with Gasteiger partial charge in [0, 0.05) is 13.6 Å². The van der Waals surface area contributed by atoms with Gasteiger partial charge in [0.1, 0.15) is 0 Å². The van der Waals surface area contributed by atoms with Crippen LogP contribution in [0.4, 0.5) is 4.79 Å². The predicted molar refractivity (Wildman–Crippen MR) is 75.3 cm³/mol. The molecule has 0 heterocycles. The molecule has 1 aliphatic rings. The third kappa shape index (κ3) is 3.50. The van der Waals surface area contributed by atoms with Gasteiger partial charge in [-0.2, -0.15) is 0 Å². The molecule has 0 aliphatic heterocycles. The summed E-state index contributed by atoms with van der Waals surface area (Å²) in [6.07, 6.45) is 1.14. The molecule has 1 saturated carbocycles. The Morgan fingerprint density at radius 1 is 1.40 bits per heavy atom. The van der Waals surface area contributed by atoms with Gasteiger partial charge in [-0.15, -0.1) is 0 Å². The number of carboxylic acid groups (broad SMARTS) is 1. The summed E-state index contributed by atoms with van der Waals surface area (Å²) < 4.78 is 0. The summed E-state index contributed by atoms with van der Waals surface area (Å²) in [5.74, 6) is 0.151. The second-order valence-electron chi connectivity index (χ2n) is 5.49. The Labute approximate surface area is 118 Å². The van der Waals surface area contributed by atoms with Crippen molar-refractivity contribution in [2.45, 2.75) is 19.4 Å². The van der Waals surface area contributed by atoms with Gasteiger partial charge in [0.2, 0.25) is 0 Å². The van der Waals surface area contributed by atoms with Crippen molar-refractivity contribution in [1.29, 1.82) is 0 Å². The first-order chi connectivity index (χ1) is 9.49. The van der Waals surface area contributed by atoms with Crippen molar-refractivity contribution in [1.82, 2.24) is 10.2 Å². The van der Waals surface area contributed by atoms with Crippen molar-refractivity contribution in [3.63, 3.8) is 0 Å². The number of amides is 2. The van der Waals surface area contributed by atoms with Crippen molar-refractivity contribution in [3.05, 3.63) is 35.9 Å². The number of hydrogen-bond donors (Lipinski definition) is 2. The smallest absolute Gasteiger partial charge is 0.330 e. The van der Waals surface area contributed by atoms with Gasteiger partial charge in [-0.3, -0.25) is 0 Å². The minimum atomic E-state index is -1.06. The fourth-order valence-corrected chi connectivity index (χ4v) is 2.25. The van der Waals surface area contributed by atoms with E-state index in [0.29, 0.717) is 23.9 Å². The lowest BCUT2D eigenvalue weighted by Gasteiger charge is -2.21. The molecule has 0 radical (unpaired) electrons. The van der Waals surface area contributed by atoms with E-state index >= 15 is 0 Å². The lowest BCUT2D eigenvalue weighted by atomic mass is 10.1. The van der Waals surface area contributed by atoms with Crippen LogP contribution in [0.15, 0.2) is 30.3 Å². The Kier molecular flexibility index (Phi) is 4.27. The maximum Gasteiger partial charge on any atom is 0.330 e. The fraction of sp³-hybridized carbons (Fsp3) is 0.467. The lowest BCUT2D eigenvalue weighted by Crippen LogP contribution is -2.42. The van der Waals surface area contributed by atoms with Crippen molar-refractivity contribution in [3.8, 4) is 0 Å². The molecule has 0 saturated heterocycles. The van der Waals surface area contributed by atoms with Crippen LogP contribution in [0.25, 0.3) is 0 Å². The van der Waals surface area contributed by atoms with Crippen molar-refractivity contribution in [2.75, 3.05) is 13.6 Å². The Bertz CT molecular complexity index is 489. The first-order valence-electron chi connectivity index (χ1n) is 6.78. The van der Waals surface area contributed by atoms with Gasteiger partial charge in [-0.05, 0) is 23.8 Å². The highest BCUT2D eigenvalue weighted by Gasteiger charge is 2.34. The summed E-state index contributed by atoms with van der Waals surface area (Å²) in [6, 6.07) is 7.36. The molecule has 1 fully saturated rings. The topological polar surface area (TPSA) is 69.6 Å². The number of carboxylic acids is 1. The molecule has 3 atom stereocenters. The van der Waals surface area contributed by atoms with Crippen molar-refractivity contribution in [2.24, 2.45) is 11.8 Å². The Hall–Kier alpha value is -2.04. The molecule has 2 rings (SSSR count). The second-order valence-corrected chi connectivity index (χ2v) is 5.49. The van der Waals surface area contributed by atoms with Gasteiger partial charge < -0.3 is 15.3 Å². The van der Waals surface area contributed by atoms with Gasteiger partial charge in [-0.25, -0.2) is 9.59 Å². The average molecular weight is 276 g/mol. The van der Waals surface area contributed by atoms with Crippen LogP contribution in [0.1, 0.15) is 24.9 Å². The van der Waals surface area contributed by atoms with Crippen LogP contribution in [0.3, 0.4) is 0 Å². The maximum absolute atomic E-state index is 12.1. The normalized spacial score (nSPS) is 21.9. The summed E-state index contributed by atoms with van der Waals surface area (Å²) in [5, 5.41) is 11.8. The van der Waals surface area contributed by atoms with E-state index in [1.807, 2.05) is 6.07 Å². The minimum Gasteiger partial charge on any atom is -0.479 e. The minimum absolute atomic E-state index is 0.347. The molecule has 20 heavy (non-hydrogen) atoms. The molecule has 0 spiro atoms. The zero-order valence-corrected chi connectivity index (χ0v) is 11.7. The Morgan fingerprint density at radius 2 is 2.00 bits per heavy atom.